The Hall–Kier alpha value is -3.73. The first-order chi connectivity index (χ1) is 13.2. The van der Waals surface area contributed by atoms with Crippen LogP contribution in [0.2, 0.25) is 0 Å². The van der Waals surface area contributed by atoms with Gasteiger partial charge in [-0.2, -0.15) is 0 Å². The molecule has 2 heterocycles. The number of nitrogens with zero attached hydrogens (tertiary/aromatic N) is 2. The van der Waals surface area contributed by atoms with E-state index < -0.39 is 5.91 Å². The van der Waals surface area contributed by atoms with Crippen LogP contribution in [-0.4, -0.2) is 16.0 Å². The summed E-state index contributed by atoms with van der Waals surface area (Å²) in [4.78, 5) is 15.9. The van der Waals surface area contributed by atoms with Crippen molar-refractivity contribution in [2.75, 3.05) is 0 Å². The molecule has 0 aliphatic heterocycles. The Bertz CT molecular complexity index is 1060. The predicted molar refractivity (Wildman–Crippen MR) is 103 cm³/mol. The standard InChI is InChI=1S/C22H17N3O2/c23-22(26)21-19(20(25-27-21)18-7-4-12-24-14-18)17-10-8-16(9-11-17)13-15-5-2-1-3-6-15/h1-12,14H,13H2,(H2,23,26). The number of carbonyl (C=O) groups excluding carboxylic acids is 1. The summed E-state index contributed by atoms with van der Waals surface area (Å²) in [6, 6.07) is 21.9. The van der Waals surface area contributed by atoms with Crippen molar-refractivity contribution in [1.29, 1.82) is 0 Å². The number of hydrogen-bond acceptors (Lipinski definition) is 4. The van der Waals surface area contributed by atoms with E-state index in [2.05, 4.69) is 22.3 Å². The molecule has 0 atom stereocenters. The lowest BCUT2D eigenvalue weighted by molar-refractivity contribution is 0.0966. The van der Waals surface area contributed by atoms with Crippen LogP contribution in [-0.2, 0) is 6.42 Å². The van der Waals surface area contributed by atoms with Crippen LogP contribution in [0.3, 0.4) is 0 Å². The van der Waals surface area contributed by atoms with E-state index in [0.29, 0.717) is 11.3 Å². The molecule has 0 fully saturated rings. The van der Waals surface area contributed by atoms with E-state index in [1.807, 2.05) is 48.5 Å². The highest BCUT2D eigenvalue weighted by atomic mass is 16.5. The van der Waals surface area contributed by atoms with Gasteiger partial charge in [0, 0.05) is 18.0 Å². The molecule has 4 rings (SSSR count). The second kappa shape index (κ2) is 7.25. The van der Waals surface area contributed by atoms with E-state index in [0.717, 1.165) is 17.5 Å². The molecule has 4 aromatic rings. The molecular weight excluding hydrogens is 338 g/mol. The van der Waals surface area contributed by atoms with Gasteiger partial charge in [0.15, 0.2) is 0 Å². The molecule has 2 aromatic carbocycles. The van der Waals surface area contributed by atoms with Gasteiger partial charge in [-0.1, -0.05) is 59.8 Å². The molecule has 0 aliphatic carbocycles. The Morgan fingerprint density at radius 3 is 2.30 bits per heavy atom. The zero-order valence-electron chi connectivity index (χ0n) is 14.5. The van der Waals surface area contributed by atoms with E-state index >= 15 is 0 Å². The monoisotopic (exact) mass is 355 g/mol. The van der Waals surface area contributed by atoms with Gasteiger partial charge in [-0.15, -0.1) is 0 Å². The summed E-state index contributed by atoms with van der Waals surface area (Å²) in [5, 5.41) is 4.06. The number of carbonyl (C=O) groups is 1. The fourth-order valence-corrected chi connectivity index (χ4v) is 3.05. The summed E-state index contributed by atoms with van der Waals surface area (Å²) in [5.74, 6) is -0.606. The fraction of sp³-hybridized carbons (Fsp3) is 0.0455. The second-order valence-corrected chi connectivity index (χ2v) is 6.20. The molecule has 2 aromatic heterocycles. The molecule has 0 saturated heterocycles. The number of pyridine rings is 1. The zero-order valence-corrected chi connectivity index (χ0v) is 14.5. The van der Waals surface area contributed by atoms with Gasteiger partial charge in [-0.05, 0) is 35.2 Å². The zero-order chi connectivity index (χ0) is 18.6. The molecule has 5 heteroatoms. The predicted octanol–water partition coefficient (Wildman–Crippen LogP) is 4.09. The van der Waals surface area contributed by atoms with E-state index in [9.17, 15) is 4.79 Å². The minimum Gasteiger partial charge on any atom is -0.363 e. The third kappa shape index (κ3) is 3.48. The first-order valence-electron chi connectivity index (χ1n) is 8.55. The molecule has 1 amide bonds. The van der Waals surface area contributed by atoms with Crippen LogP contribution < -0.4 is 5.73 Å². The van der Waals surface area contributed by atoms with Crippen molar-refractivity contribution in [2.45, 2.75) is 6.42 Å². The summed E-state index contributed by atoms with van der Waals surface area (Å²) in [6.07, 6.45) is 4.19. The molecule has 0 saturated carbocycles. The average molecular weight is 355 g/mol. The van der Waals surface area contributed by atoms with Gasteiger partial charge >= 0.3 is 0 Å². The molecule has 0 spiro atoms. The quantitative estimate of drug-likeness (QED) is 0.584. The Labute approximate surface area is 156 Å². The number of benzene rings is 2. The molecular formula is C22H17N3O2. The van der Waals surface area contributed by atoms with Gasteiger partial charge in [0.2, 0.25) is 5.76 Å². The maximum atomic E-state index is 11.8. The summed E-state index contributed by atoms with van der Waals surface area (Å²) in [6.45, 7) is 0. The largest absolute Gasteiger partial charge is 0.363 e. The van der Waals surface area contributed by atoms with Gasteiger partial charge < -0.3 is 10.3 Å². The lowest BCUT2D eigenvalue weighted by Crippen LogP contribution is -2.11. The van der Waals surface area contributed by atoms with Crippen LogP contribution >= 0.6 is 0 Å². The topological polar surface area (TPSA) is 82.0 Å². The van der Waals surface area contributed by atoms with Crippen LogP contribution in [0, 0.1) is 0 Å². The Kier molecular flexibility index (Phi) is 4.49. The maximum Gasteiger partial charge on any atom is 0.288 e. The summed E-state index contributed by atoms with van der Waals surface area (Å²) >= 11 is 0. The molecule has 0 unspecified atom stereocenters. The van der Waals surface area contributed by atoms with Crippen LogP contribution in [0.15, 0.2) is 83.6 Å². The highest BCUT2D eigenvalue weighted by molar-refractivity contribution is 6.00. The van der Waals surface area contributed by atoms with Gasteiger partial charge in [0.1, 0.15) is 5.69 Å². The van der Waals surface area contributed by atoms with Crippen molar-refractivity contribution in [3.8, 4) is 22.4 Å². The van der Waals surface area contributed by atoms with Crippen LogP contribution in [0.4, 0.5) is 0 Å². The first-order valence-corrected chi connectivity index (χ1v) is 8.55. The molecule has 132 valence electrons. The van der Waals surface area contributed by atoms with Gasteiger partial charge in [-0.3, -0.25) is 9.78 Å². The van der Waals surface area contributed by atoms with Crippen molar-refractivity contribution in [3.05, 3.63) is 96.0 Å². The molecule has 27 heavy (non-hydrogen) atoms. The van der Waals surface area contributed by atoms with E-state index in [4.69, 9.17) is 10.3 Å². The minimum atomic E-state index is -0.652. The number of amides is 1. The Morgan fingerprint density at radius 2 is 1.63 bits per heavy atom. The molecule has 0 aliphatic rings. The van der Waals surface area contributed by atoms with Gasteiger partial charge in [0.05, 0.1) is 5.56 Å². The van der Waals surface area contributed by atoms with Crippen LogP contribution in [0.25, 0.3) is 22.4 Å². The molecule has 2 N–H and O–H groups in total. The lowest BCUT2D eigenvalue weighted by Gasteiger charge is -2.06. The van der Waals surface area contributed by atoms with Crippen molar-refractivity contribution in [2.24, 2.45) is 5.73 Å². The third-order valence-electron chi connectivity index (χ3n) is 4.34. The molecule has 0 radical (unpaired) electrons. The number of rotatable bonds is 5. The normalized spacial score (nSPS) is 10.7. The molecule has 0 bridgehead atoms. The Balaban J connectivity index is 1.72. The van der Waals surface area contributed by atoms with Crippen molar-refractivity contribution in [3.63, 3.8) is 0 Å². The van der Waals surface area contributed by atoms with Gasteiger partial charge in [-0.25, -0.2) is 0 Å². The SMILES string of the molecule is NC(=O)c1onc(-c2cccnc2)c1-c1ccc(Cc2ccccc2)cc1. The van der Waals surface area contributed by atoms with E-state index in [1.165, 1.54) is 11.1 Å². The summed E-state index contributed by atoms with van der Waals surface area (Å²) < 4.78 is 5.24. The van der Waals surface area contributed by atoms with Crippen molar-refractivity contribution >= 4 is 5.91 Å². The summed E-state index contributed by atoms with van der Waals surface area (Å²) in [5.41, 5.74) is 10.6. The lowest BCUT2D eigenvalue weighted by atomic mass is 9.97. The van der Waals surface area contributed by atoms with Crippen LogP contribution in [0.5, 0.6) is 0 Å². The van der Waals surface area contributed by atoms with Crippen LogP contribution in [0.1, 0.15) is 21.7 Å². The van der Waals surface area contributed by atoms with Gasteiger partial charge in [0.25, 0.3) is 5.91 Å². The highest BCUT2D eigenvalue weighted by Gasteiger charge is 2.23. The fourth-order valence-electron chi connectivity index (χ4n) is 3.05. The van der Waals surface area contributed by atoms with E-state index in [-0.39, 0.29) is 5.76 Å². The number of aromatic nitrogens is 2. The van der Waals surface area contributed by atoms with Crippen molar-refractivity contribution < 1.29 is 9.32 Å². The second-order valence-electron chi connectivity index (χ2n) is 6.20. The molecule has 5 nitrogen and oxygen atoms in total. The Morgan fingerprint density at radius 1 is 0.889 bits per heavy atom. The van der Waals surface area contributed by atoms with Crippen molar-refractivity contribution in [1.82, 2.24) is 10.1 Å². The maximum absolute atomic E-state index is 11.8. The third-order valence-corrected chi connectivity index (χ3v) is 4.34. The average Bonchev–Trinajstić information content (AvgIpc) is 3.15. The first kappa shape index (κ1) is 16.7. The van der Waals surface area contributed by atoms with E-state index in [1.54, 1.807) is 18.5 Å². The number of hydrogen-bond donors (Lipinski definition) is 1. The number of nitrogens with two attached hydrogens (primary N) is 1. The highest BCUT2D eigenvalue weighted by Crippen LogP contribution is 2.34. The summed E-state index contributed by atoms with van der Waals surface area (Å²) in [7, 11) is 0. The smallest absolute Gasteiger partial charge is 0.288 e. The minimum absolute atomic E-state index is 0.0460. The number of primary amides is 1.